The van der Waals surface area contributed by atoms with Crippen LogP contribution in [-0.4, -0.2) is 193 Å². The summed E-state index contributed by atoms with van der Waals surface area (Å²) < 4.78 is 34.6. The molecule has 0 radical (unpaired) electrons. The first-order chi connectivity index (χ1) is 57.3. The summed E-state index contributed by atoms with van der Waals surface area (Å²) >= 11 is 0. The summed E-state index contributed by atoms with van der Waals surface area (Å²) in [7, 11) is 0. The van der Waals surface area contributed by atoms with Crippen molar-refractivity contribution in [2.24, 2.45) is 0 Å². The molecule has 19 nitrogen and oxygen atoms in total. The number of allylic oxidation sites excluding steroid dienone is 20. The minimum absolute atomic E-state index is 0.247. The van der Waals surface area contributed by atoms with Crippen molar-refractivity contribution < 1.29 is 89.4 Å². The van der Waals surface area contributed by atoms with Crippen molar-refractivity contribution in [2.45, 2.75) is 465 Å². The number of ether oxygens (including phenoxy) is 6. The van der Waals surface area contributed by atoms with E-state index in [1.165, 1.54) is 205 Å². The predicted molar refractivity (Wildman–Crippen MR) is 475 cm³/mol. The van der Waals surface area contributed by atoms with E-state index in [0.717, 1.165) is 122 Å². The standard InChI is InChI=1S/C98H171NO18/c1-3-5-7-9-11-13-15-17-19-21-23-25-27-29-31-33-35-36-37-38-39-40-41-42-43-44-46-48-50-52-54-56-58-60-62-64-66-68-70-72-74-76-86(104)99-81(82(103)75-73-71-69-67-65-63-61-59-57-55-53-51-49-47-45-34-32-30-28-26-24-22-20-18-16-14-12-10-8-6-4-2)80-112-96-92(110)89(107)94(84(78-101)114-96)117-98-93(111)90(108)95(85(79-102)115-98)116-97-91(109)88(106)87(105)83(77-100)113-97/h5,7,11,13,17,19,23,25,29,31,35-36,38-39,41-42,44,46,50,52,81-85,87-98,100-103,105-111H,3-4,6,8-10,12,14-16,18,20-22,24,26-28,30,32-34,37,40,43,45,47-49,51,53-80H2,1-2H3,(H,99,104)/b7-5-,13-11-,19-17-,25-23-,31-29-,36-35-,39-38-,42-41-,46-44-,52-50-. The Morgan fingerprint density at radius 3 is 0.923 bits per heavy atom. The molecular weight excluding hydrogens is 1480 g/mol. The zero-order valence-corrected chi connectivity index (χ0v) is 73.2. The summed E-state index contributed by atoms with van der Waals surface area (Å²) in [5.74, 6) is -0.247. The van der Waals surface area contributed by atoms with E-state index in [4.69, 9.17) is 28.4 Å². The van der Waals surface area contributed by atoms with Gasteiger partial charge in [0, 0.05) is 6.42 Å². The van der Waals surface area contributed by atoms with Crippen LogP contribution < -0.4 is 5.32 Å². The molecule has 0 saturated carbocycles. The molecule has 0 spiro atoms. The van der Waals surface area contributed by atoms with Gasteiger partial charge in [-0.25, -0.2) is 0 Å². The molecule has 3 heterocycles. The van der Waals surface area contributed by atoms with E-state index in [2.05, 4.69) is 141 Å². The van der Waals surface area contributed by atoms with Gasteiger partial charge in [-0.2, -0.15) is 0 Å². The Balaban J connectivity index is 1.31. The summed E-state index contributed by atoms with van der Waals surface area (Å²) in [5.41, 5.74) is 0. The van der Waals surface area contributed by atoms with E-state index >= 15 is 0 Å². The molecule has 3 aliphatic heterocycles. The number of amides is 1. The molecule has 0 bridgehead atoms. The maximum atomic E-state index is 13.6. The Morgan fingerprint density at radius 1 is 0.316 bits per heavy atom. The number of carbonyl (C=O) groups excluding carboxylic acids is 1. The van der Waals surface area contributed by atoms with E-state index < -0.39 is 124 Å². The molecule has 0 aromatic carbocycles. The summed E-state index contributed by atoms with van der Waals surface area (Å²) in [5, 5.41) is 121. The number of rotatable bonds is 76. The number of hydrogen-bond donors (Lipinski definition) is 12. The fraction of sp³-hybridized carbons (Fsp3) is 0.786. The zero-order chi connectivity index (χ0) is 84.5. The summed E-state index contributed by atoms with van der Waals surface area (Å²) in [6, 6.07) is -0.900. The van der Waals surface area contributed by atoms with Crippen LogP contribution in [0.2, 0.25) is 0 Å². The molecule has 0 aromatic heterocycles. The lowest BCUT2D eigenvalue weighted by molar-refractivity contribution is -0.379. The normalized spacial score (nSPS) is 24.9. The van der Waals surface area contributed by atoms with Crippen LogP contribution in [0.1, 0.15) is 361 Å². The van der Waals surface area contributed by atoms with E-state index in [9.17, 15) is 61.0 Å². The Labute approximate surface area is 709 Å². The van der Waals surface area contributed by atoms with Gasteiger partial charge in [-0.15, -0.1) is 0 Å². The van der Waals surface area contributed by atoms with Crippen LogP contribution in [0.3, 0.4) is 0 Å². The SMILES string of the molecule is CC/C=C\C/C=C\C/C=C\C/C=C\C/C=C\C/C=C\C/C=C\C/C=C\C/C=C\C/C=C\CCCCCCCCCCCCC(=O)NC(COC1OC(CO)C(OC2OC(CO)C(OC3OC(CO)C(O)C(O)C3O)C(O)C2O)C(O)C1O)C(O)CCCCCCCCCCCCCCCCCCCCCCCCCCCCCCCCC. The van der Waals surface area contributed by atoms with E-state index in [1.807, 2.05) is 0 Å². The molecule has 3 saturated heterocycles. The molecule has 12 N–H and O–H groups in total. The Kier molecular flexibility index (Phi) is 69.6. The quantitative estimate of drug-likeness (QED) is 0.0199. The van der Waals surface area contributed by atoms with Crippen LogP contribution in [0, 0.1) is 0 Å². The first-order valence-corrected chi connectivity index (χ1v) is 47.3. The van der Waals surface area contributed by atoms with Crippen molar-refractivity contribution >= 4 is 5.91 Å². The van der Waals surface area contributed by atoms with Crippen LogP contribution in [0.15, 0.2) is 122 Å². The van der Waals surface area contributed by atoms with Crippen molar-refractivity contribution in [1.82, 2.24) is 5.32 Å². The molecule has 3 fully saturated rings. The molecule has 117 heavy (non-hydrogen) atoms. The molecule has 17 atom stereocenters. The van der Waals surface area contributed by atoms with E-state index in [1.54, 1.807) is 0 Å². The van der Waals surface area contributed by atoms with Gasteiger partial charge in [0.2, 0.25) is 5.91 Å². The number of aliphatic hydroxyl groups is 11. The Morgan fingerprint density at radius 2 is 0.590 bits per heavy atom. The number of nitrogens with one attached hydrogen (secondary N) is 1. The number of carbonyl (C=O) groups is 1. The van der Waals surface area contributed by atoms with Gasteiger partial charge in [0.1, 0.15) is 73.2 Å². The van der Waals surface area contributed by atoms with Gasteiger partial charge >= 0.3 is 0 Å². The monoisotopic (exact) mass is 1650 g/mol. The minimum Gasteiger partial charge on any atom is -0.394 e. The van der Waals surface area contributed by atoms with Crippen LogP contribution >= 0.6 is 0 Å². The third-order valence-corrected chi connectivity index (χ3v) is 22.8. The molecule has 1 amide bonds. The second-order valence-electron chi connectivity index (χ2n) is 33.1. The molecule has 19 heteroatoms. The van der Waals surface area contributed by atoms with Gasteiger partial charge in [-0.3, -0.25) is 4.79 Å². The average Bonchev–Trinajstić information content (AvgIpc) is 0.778. The zero-order valence-electron chi connectivity index (χ0n) is 73.2. The lowest BCUT2D eigenvalue weighted by Crippen LogP contribution is -2.66. The van der Waals surface area contributed by atoms with Gasteiger partial charge in [-0.1, -0.05) is 386 Å². The molecule has 3 aliphatic rings. The second kappa shape index (κ2) is 75.9. The lowest BCUT2D eigenvalue weighted by Gasteiger charge is -2.48. The predicted octanol–water partition coefficient (Wildman–Crippen LogP) is 19.0. The first kappa shape index (κ1) is 107. The molecule has 0 aliphatic carbocycles. The number of aliphatic hydroxyl groups excluding tert-OH is 11. The van der Waals surface area contributed by atoms with Gasteiger partial charge in [0.15, 0.2) is 18.9 Å². The minimum atomic E-state index is -1.98. The topological polar surface area (TPSA) is 307 Å². The van der Waals surface area contributed by atoms with E-state index in [0.29, 0.717) is 12.8 Å². The molecule has 676 valence electrons. The second-order valence-corrected chi connectivity index (χ2v) is 33.1. The van der Waals surface area contributed by atoms with Crippen LogP contribution in [0.4, 0.5) is 0 Å². The highest BCUT2D eigenvalue weighted by molar-refractivity contribution is 5.76. The number of unbranched alkanes of at least 4 members (excludes halogenated alkanes) is 40. The third kappa shape index (κ3) is 53.8. The van der Waals surface area contributed by atoms with Crippen LogP contribution in [-0.2, 0) is 33.2 Å². The first-order valence-electron chi connectivity index (χ1n) is 47.3. The molecule has 17 unspecified atom stereocenters. The van der Waals surface area contributed by atoms with Gasteiger partial charge in [-0.05, 0) is 89.9 Å². The van der Waals surface area contributed by atoms with Crippen molar-refractivity contribution in [2.75, 3.05) is 26.4 Å². The Bertz CT molecular complexity index is 2590. The van der Waals surface area contributed by atoms with Crippen molar-refractivity contribution in [1.29, 1.82) is 0 Å². The molecule has 0 aromatic rings. The van der Waals surface area contributed by atoms with Gasteiger partial charge < -0.3 is 89.9 Å². The highest BCUT2D eigenvalue weighted by atomic mass is 16.8. The smallest absolute Gasteiger partial charge is 0.220 e. The highest BCUT2D eigenvalue weighted by Crippen LogP contribution is 2.34. The van der Waals surface area contributed by atoms with Crippen molar-refractivity contribution in [3.63, 3.8) is 0 Å². The number of hydrogen-bond acceptors (Lipinski definition) is 18. The highest BCUT2D eigenvalue weighted by Gasteiger charge is 2.54. The van der Waals surface area contributed by atoms with E-state index in [-0.39, 0.29) is 18.9 Å². The van der Waals surface area contributed by atoms with Crippen molar-refractivity contribution in [3.8, 4) is 0 Å². The summed E-state index contributed by atoms with van der Waals surface area (Å²) in [6.07, 6.45) is 81.6. The lowest BCUT2D eigenvalue weighted by atomic mass is 9.96. The molecule has 3 rings (SSSR count). The van der Waals surface area contributed by atoms with Crippen LogP contribution in [0.25, 0.3) is 0 Å². The average molecular weight is 1650 g/mol. The Hall–Kier alpha value is -3.81. The summed E-state index contributed by atoms with van der Waals surface area (Å²) in [6.45, 7) is 1.73. The summed E-state index contributed by atoms with van der Waals surface area (Å²) in [4.78, 5) is 13.6. The maximum absolute atomic E-state index is 13.6. The largest absolute Gasteiger partial charge is 0.394 e. The van der Waals surface area contributed by atoms with Gasteiger partial charge in [0.25, 0.3) is 0 Å². The third-order valence-electron chi connectivity index (χ3n) is 22.8. The molecular formula is C98H171NO18. The van der Waals surface area contributed by atoms with Crippen molar-refractivity contribution in [3.05, 3.63) is 122 Å². The fourth-order valence-corrected chi connectivity index (χ4v) is 15.3. The van der Waals surface area contributed by atoms with Gasteiger partial charge in [0.05, 0.1) is 38.6 Å². The maximum Gasteiger partial charge on any atom is 0.220 e. The fourth-order valence-electron chi connectivity index (χ4n) is 15.3. The van der Waals surface area contributed by atoms with Crippen LogP contribution in [0.5, 0.6) is 0 Å².